The van der Waals surface area contributed by atoms with Crippen LogP contribution in [0.1, 0.15) is 25.0 Å². The Morgan fingerprint density at radius 3 is 2.50 bits per heavy atom. The molecular formula is C17H24N2O3. The maximum atomic E-state index is 11.8. The first-order valence-electron chi connectivity index (χ1n) is 8.03. The van der Waals surface area contributed by atoms with Crippen molar-refractivity contribution >= 4 is 5.97 Å². The van der Waals surface area contributed by atoms with Crippen LogP contribution in [0.15, 0.2) is 30.3 Å². The number of esters is 1. The van der Waals surface area contributed by atoms with Gasteiger partial charge in [0.15, 0.2) is 0 Å². The van der Waals surface area contributed by atoms with Crippen molar-refractivity contribution < 1.29 is 14.6 Å². The van der Waals surface area contributed by atoms with Crippen molar-refractivity contribution in [2.45, 2.75) is 31.6 Å². The van der Waals surface area contributed by atoms with Crippen molar-refractivity contribution in [3.8, 4) is 0 Å². The molecule has 0 saturated carbocycles. The van der Waals surface area contributed by atoms with Gasteiger partial charge in [0, 0.05) is 39.1 Å². The predicted octanol–water partition coefficient (Wildman–Crippen LogP) is 1.04. The summed E-state index contributed by atoms with van der Waals surface area (Å²) in [4.78, 5) is 16.3. The molecule has 5 nitrogen and oxygen atoms in total. The van der Waals surface area contributed by atoms with Crippen LogP contribution in [0.4, 0.5) is 0 Å². The molecule has 22 heavy (non-hydrogen) atoms. The molecule has 0 bridgehead atoms. The van der Waals surface area contributed by atoms with Crippen molar-refractivity contribution in [2.24, 2.45) is 0 Å². The number of carbonyl (C=O) groups is 1. The van der Waals surface area contributed by atoms with E-state index in [0.717, 1.165) is 38.2 Å². The van der Waals surface area contributed by atoms with Crippen LogP contribution in [0, 0.1) is 0 Å². The van der Waals surface area contributed by atoms with Crippen molar-refractivity contribution in [1.82, 2.24) is 9.80 Å². The lowest BCUT2D eigenvalue weighted by Crippen LogP contribution is -2.52. The second kappa shape index (κ2) is 6.77. The molecule has 0 radical (unpaired) electrons. The summed E-state index contributed by atoms with van der Waals surface area (Å²) < 4.78 is 5.24. The maximum Gasteiger partial charge on any atom is 0.323 e. The standard InChI is InChI=1S/C17H24N2O3/c1-13-11-15(17(21)22-13)19-9-7-18(8-10-19)12-16(20)14-5-3-2-4-6-14/h2-6,13,15-16,20H,7-12H2,1H3/t13-,15+,16-/m1/s1. The van der Waals surface area contributed by atoms with Gasteiger partial charge in [-0.05, 0) is 12.5 Å². The Bertz CT molecular complexity index is 500. The van der Waals surface area contributed by atoms with Crippen LogP contribution in [-0.4, -0.2) is 65.7 Å². The van der Waals surface area contributed by atoms with Gasteiger partial charge in [0.25, 0.3) is 0 Å². The monoisotopic (exact) mass is 304 g/mol. The van der Waals surface area contributed by atoms with Crippen LogP contribution in [0.5, 0.6) is 0 Å². The summed E-state index contributed by atoms with van der Waals surface area (Å²) in [6.45, 7) is 6.06. The summed E-state index contributed by atoms with van der Waals surface area (Å²) in [6.07, 6.45) is 0.380. The van der Waals surface area contributed by atoms with Crippen molar-refractivity contribution in [1.29, 1.82) is 0 Å². The molecule has 2 fully saturated rings. The molecule has 0 aliphatic carbocycles. The lowest BCUT2D eigenvalue weighted by Gasteiger charge is -2.37. The number of ether oxygens (including phenoxy) is 1. The number of nitrogens with zero attached hydrogens (tertiary/aromatic N) is 2. The number of hydrogen-bond donors (Lipinski definition) is 1. The fraction of sp³-hybridized carbons (Fsp3) is 0.588. The topological polar surface area (TPSA) is 53.0 Å². The van der Waals surface area contributed by atoms with E-state index >= 15 is 0 Å². The number of aliphatic hydroxyl groups excluding tert-OH is 1. The van der Waals surface area contributed by atoms with E-state index in [1.54, 1.807) is 0 Å². The zero-order chi connectivity index (χ0) is 15.5. The van der Waals surface area contributed by atoms with Crippen LogP contribution in [-0.2, 0) is 9.53 Å². The highest BCUT2D eigenvalue weighted by Gasteiger charge is 2.37. The Morgan fingerprint density at radius 1 is 1.23 bits per heavy atom. The molecule has 1 aromatic rings. The second-order valence-electron chi connectivity index (χ2n) is 6.26. The highest BCUT2D eigenvalue weighted by atomic mass is 16.6. The average Bonchev–Trinajstić information content (AvgIpc) is 2.87. The van der Waals surface area contributed by atoms with E-state index in [9.17, 15) is 9.90 Å². The number of β-amino-alcohol motifs (C(OH)–C–C–N with tert-alkyl or cyclic N) is 1. The fourth-order valence-electron chi connectivity index (χ4n) is 3.32. The van der Waals surface area contributed by atoms with Gasteiger partial charge < -0.3 is 9.84 Å². The van der Waals surface area contributed by atoms with Crippen molar-refractivity contribution in [3.05, 3.63) is 35.9 Å². The van der Waals surface area contributed by atoms with Gasteiger partial charge in [0.1, 0.15) is 12.1 Å². The van der Waals surface area contributed by atoms with E-state index in [1.165, 1.54) is 0 Å². The Balaban J connectivity index is 1.49. The van der Waals surface area contributed by atoms with E-state index in [2.05, 4.69) is 9.80 Å². The van der Waals surface area contributed by atoms with Crippen LogP contribution in [0.2, 0.25) is 0 Å². The molecular weight excluding hydrogens is 280 g/mol. The summed E-state index contributed by atoms with van der Waals surface area (Å²) in [5, 5.41) is 10.3. The third-order valence-electron chi connectivity index (χ3n) is 4.61. The molecule has 2 aliphatic rings. The van der Waals surface area contributed by atoms with Gasteiger partial charge in [0.2, 0.25) is 0 Å². The fourth-order valence-corrected chi connectivity index (χ4v) is 3.32. The van der Waals surface area contributed by atoms with E-state index in [1.807, 2.05) is 37.3 Å². The quantitative estimate of drug-likeness (QED) is 0.843. The SMILES string of the molecule is C[C@@H]1C[C@H](N2CCN(C[C@@H](O)c3ccccc3)CC2)C(=O)O1. The largest absolute Gasteiger partial charge is 0.461 e. The van der Waals surface area contributed by atoms with E-state index in [4.69, 9.17) is 4.74 Å². The van der Waals surface area contributed by atoms with E-state index in [-0.39, 0.29) is 18.1 Å². The number of rotatable bonds is 4. The molecule has 3 atom stereocenters. The van der Waals surface area contributed by atoms with E-state index < -0.39 is 6.10 Å². The molecule has 1 aromatic carbocycles. The summed E-state index contributed by atoms with van der Waals surface area (Å²) >= 11 is 0. The van der Waals surface area contributed by atoms with Gasteiger partial charge in [-0.2, -0.15) is 0 Å². The Kier molecular flexibility index (Phi) is 4.76. The van der Waals surface area contributed by atoms with Gasteiger partial charge in [-0.1, -0.05) is 30.3 Å². The first-order chi connectivity index (χ1) is 10.6. The summed E-state index contributed by atoms with van der Waals surface area (Å²) in [5.41, 5.74) is 0.957. The number of benzene rings is 1. The molecule has 0 spiro atoms. The lowest BCUT2D eigenvalue weighted by atomic mass is 10.1. The highest BCUT2D eigenvalue weighted by Crippen LogP contribution is 2.22. The minimum absolute atomic E-state index is 0.0374. The van der Waals surface area contributed by atoms with Crippen LogP contribution in [0.3, 0.4) is 0 Å². The Labute approximate surface area is 131 Å². The molecule has 2 heterocycles. The van der Waals surface area contributed by atoms with E-state index in [0.29, 0.717) is 6.54 Å². The van der Waals surface area contributed by atoms with Gasteiger partial charge in [-0.15, -0.1) is 0 Å². The number of carbonyl (C=O) groups excluding carboxylic acids is 1. The molecule has 2 saturated heterocycles. The minimum Gasteiger partial charge on any atom is -0.461 e. The van der Waals surface area contributed by atoms with Gasteiger partial charge in [-0.25, -0.2) is 0 Å². The first kappa shape index (κ1) is 15.5. The number of aliphatic hydroxyl groups is 1. The van der Waals surface area contributed by atoms with Crippen LogP contribution in [0.25, 0.3) is 0 Å². The third-order valence-corrected chi connectivity index (χ3v) is 4.61. The van der Waals surface area contributed by atoms with Gasteiger partial charge in [0.05, 0.1) is 6.10 Å². The third kappa shape index (κ3) is 3.48. The molecule has 1 N–H and O–H groups in total. The second-order valence-corrected chi connectivity index (χ2v) is 6.26. The first-order valence-corrected chi connectivity index (χ1v) is 8.03. The number of hydrogen-bond acceptors (Lipinski definition) is 5. The zero-order valence-electron chi connectivity index (χ0n) is 13.0. The Hall–Kier alpha value is -1.43. The minimum atomic E-state index is -0.454. The molecule has 5 heteroatoms. The molecule has 0 unspecified atom stereocenters. The lowest BCUT2D eigenvalue weighted by molar-refractivity contribution is -0.145. The summed E-state index contributed by atoms with van der Waals surface area (Å²) in [5.74, 6) is -0.0785. The average molecular weight is 304 g/mol. The van der Waals surface area contributed by atoms with Gasteiger partial charge in [-0.3, -0.25) is 14.6 Å². The summed E-state index contributed by atoms with van der Waals surface area (Å²) in [7, 11) is 0. The molecule has 0 aromatic heterocycles. The van der Waals surface area contributed by atoms with Crippen LogP contribution >= 0.6 is 0 Å². The normalized spacial score (nSPS) is 28.5. The molecule has 120 valence electrons. The molecule has 0 amide bonds. The van der Waals surface area contributed by atoms with Crippen molar-refractivity contribution in [2.75, 3.05) is 32.7 Å². The van der Waals surface area contributed by atoms with Crippen molar-refractivity contribution in [3.63, 3.8) is 0 Å². The smallest absolute Gasteiger partial charge is 0.323 e. The Morgan fingerprint density at radius 2 is 1.91 bits per heavy atom. The number of cyclic esters (lactones) is 1. The zero-order valence-corrected chi connectivity index (χ0v) is 13.0. The molecule has 2 aliphatic heterocycles. The highest BCUT2D eigenvalue weighted by molar-refractivity contribution is 5.78. The molecule has 3 rings (SSSR count). The predicted molar refractivity (Wildman–Crippen MR) is 83.4 cm³/mol. The van der Waals surface area contributed by atoms with Crippen LogP contribution < -0.4 is 0 Å². The van der Waals surface area contributed by atoms with Gasteiger partial charge >= 0.3 is 5.97 Å². The number of piperazine rings is 1. The summed E-state index contributed by atoms with van der Waals surface area (Å²) in [6, 6.07) is 9.69. The maximum absolute atomic E-state index is 11.8.